The molecular weight excluding hydrogens is 272 g/mol. The lowest BCUT2D eigenvalue weighted by atomic mass is 10.1. The molecule has 1 aliphatic rings. The molecule has 2 rings (SSSR count). The van der Waals surface area contributed by atoms with Crippen LogP contribution in [0.3, 0.4) is 0 Å². The van der Waals surface area contributed by atoms with Crippen molar-refractivity contribution in [3.8, 4) is 0 Å². The van der Waals surface area contributed by atoms with Gasteiger partial charge in [-0.25, -0.2) is 8.42 Å². The molecule has 0 bridgehead atoms. The van der Waals surface area contributed by atoms with Crippen molar-refractivity contribution in [1.29, 1.82) is 0 Å². The highest BCUT2D eigenvalue weighted by Gasteiger charge is 2.34. The normalized spacial score (nSPS) is 15.8. The largest absolute Gasteiger partial charge is 0.317 e. The van der Waals surface area contributed by atoms with E-state index in [0.29, 0.717) is 4.90 Å². The Morgan fingerprint density at radius 3 is 2.45 bits per heavy atom. The zero-order valence-electron chi connectivity index (χ0n) is 12.3. The van der Waals surface area contributed by atoms with Crippen LogP contribution in [0.5, 0.6) is 0 Å². The first-order valence-electron chi connectivity index (χ1n) is 7.33. The fourth-order valence-electron chi connectivity index (χ4n) is 2.22. The predicted molar refractivity (Wildman–Crippen MR) is 81.3 cm³/mol. The van der Waals surface area contributed by atoms with Crippen molar-refractivity contribution in [1.82, 2.24) is 9.62 Å². The van der Waals surface area contributed by atoms with Gasteiger partial charge in [0.25, 0.3) is 0 Å². The Balaban J connectivity index is 1.96. The van der Waals surface area contributed by atoms with Gasteiger partial charge < -0.3 is 5.32 Å². The Morgan fingerprint density at radius 1 is 1.25 bits per heavy atom. The minimum Gasteiger partial charge on any atom is -0.317 e. The van der Waals surface area contributed by atoms with Crippen LogP contribution < -0.4 is 5.32 Å². The number of hydrogen-bond acceptors (Lipinski definition) is 3. The molecule has 112 valence electrons. The quantitative estimate of drug-likeness (QED) is 0.747. The first kappa shape index (κ1) is 15.5. The molecule has 20 heavy (non-hydrogen) atoms. The molecule has 0 aliphatic heterocycles. The highest BCUT2D eigenvalue weighted by molar-refractivity contribution is 7.89. The van der Waals surface area contributed by atoms with Crippen molar-refractivity contribution in [3.05, 3.63) is 29.8 Å². The number of nitrogens with one attached hydrogen (secondary N) is 1. The summed E-state index contributed by atoms with van der Waals surface area (Å²) in [5.74, 6) is 0. The average Bonchev–Trinajstić information content (AvgIpc) is 3.28. The van der Waals surface area contributed by atoms with E-state index in [1.165, 1.54) is 9.87 Å². The Hall–Kier alpha value is -0.910. The summed E-state index contributed by atoms with van der Waals surface area (Å²) >= 11 is 0. The van der Waals surface area contributed by atoms with Gasteiger partial charge in [-0.05, 0) is 56.5 Å². The second-order valence-corrected chi connectivity index (χ2v) is 7.35. The number of rotatable bonds is 8. The van der Waals surface area contributed by atoms with Crippen LogP contribution in [0.4, 0.5) is 0 Å². The van der Waals surface area contributed by atoms with Gasteiger partial charge in [-0.15, -0.1) is 0 Å². The lowest BCUT2D eigenvalue weighted by Gasteiger charge is -2.16. The van der Waals surface area contributed by atoms with E-state index in [9.17, 15) is 8.42 Å². The molecule has 0 spiro atoms. The lowest BCUT2D eigenvalue weighted by molar-refractivity contribution is 0.464. The van der Waals surface area contributed by atoms with Crippen LogP contribution in [0.2, 0.25) is 0 Å². The Morgan fingerprint density at radius 2 is 1.90 bits per heavy atom. The third-order valence-electron chi connectivity index (χ3n) is 3.73. The maximum absolute atomic E-state index is 12.3. The summed E-state index contributed by atoms with van der Waals surface area (Å²) in [5.41, 5.74) is 1.19. The van der Waals surface area contributed by atoms with Crippen LogP contribution in [0, 0.1) is 0 Å². The molecule has 1 aromatic carbocycles. The molecule has 0 amide bonds. The van der Waals surface area contributed by atoms with Gasteiger partial charge in [0, 0.05) is 13.1 Å². The van der Waals surface area contributed by atoms with Gasteiger partial charge in [0.15, 0.2) is 0 Å². The number of sulfonamides is 1. The van der Waals surface area contributed by atoms with E-state index in [1.54, 1.807) is 19.2 Å². The summed E-state index contributed by atoms with van der Waals surface area (Å²) in [5, 5.41) is 3.29. The Bertz CT molecular complexity index is 521. The van der Waals surface area contributed by atoms with Gasteiger partial charge in [0.05, 0.1) is 4.90 Å². The van der Waals surface area contributed by atoms with E-state index in [1.807, 2.05) is 12.1 Å². The van der Waals surface area contributed by atoms with Crippen molar-refractivity contribution in [2.45, 2.75) is 43.5 Å². The molecule has 1 aliphatic carbocycles. The van der Waals surface area contributed by atoms with Crippen LogP contribution in [-0.4, -0.2) is 38.9 Å². The van der Waals surface area contributed by atoms with E-state index in [-0.39, 0.29) is 6.04 Å². The smallest absolute Gasteiger partial charge is 0.243 e. The molecule has 0 radical (unpaired) electrons. The van der Waals surface area contributed by atoms with E-state index >= 15 is 0 Å². The van der Waals surface area contributed by atoms with Crippen molar-refractivity contribution in [2.24, 2.45) is 0 Å². The predicted octanol–water partition coefficient (Wildman–Crippen LogP) is 2.01. The lowest BCUT2D eigenvalue weighted by Crippen LogP contribution is -2.28. The van der Waals surface area contributed by atoms with E-state index in [0.717, 1.165) is 38.8 Å². The Kier molecular flexibility index (Phi) is 5.18. The summed E-state index contributed by atoms with van der Waals surface area (Å²) in [4.78, 5) is 0.405. The summed E-state index contributed by atoms with van der Waals surface area (Å²) in [7, 11) is -1.62. The zero-order valence-corrected chi connectivity index (χ0v) is 13.1. The van der Waals surface area contributed by atoms with Crippen LogP contribution in [0.1, 0.15) is 31.7 Å². The highest BCUT2D eigenvalue weighted by atomic mass is 32.2. The molecule has 0 saturated heterocycles. The topological polar surface area (TPSA) is 49.4 Å². The third-order valence-corrected chi connectivity index (χ3v) is 5.65. The van der Waals surface area contributed by atoms with Gasteiger partial charge in [-0.3, -0.25) is 0 Å². The van der Waals surface area contributed by atoms with Crippen LogP contribution >= 0.6 is 0 Å². The molecular formula is C15H24N2O2S. The first-order valence-corrected chi connectivity index (χ1v) is 8.77. The van der Waals surface area contributed by atoms with Crippen molar-refractivity contribution < 1.29 is 8.42 Å². The second kappa shape index (κ2) is 6.70. The van der Waals surface area contributed by atoms with E-state index in [2.05, 4.69) is 12.2 Å². The fraction of sp³-hybridized carbons (Fsp3) is 0.600. The summed E-state index contributed by atoms with van der Waals surface area (Å²) in [6, 6.07) is 7.53. The molecule has 0 aromatic heterocycles. The second-order valence-electron chi connectivity index (χ2n) is 5.35. The molecule has 5 heteroatoms. The SMILES string of the molecule is CCNCCCc1ccc(S(=O)(=O)N(C)C2CC2)cc1. The molecule has 1 fully saturated rings. The van der Waals surface area contributed by atoms with Crippen molar-refractivity contribution in [2.75, 3.05) is 20.1 Å². The first-order chi connectivity index (χ1) is 9.55. The molecule has 1 saturated carbocycles. The zero-order chi connectivity index (χ0) is 14.6. The van der Waals surface area contributed by atoms with Crippen LogP contribution in [-0.2, 0) is 16.4 Å². The molecule has 0 heterocycles. The van der Waals surface area contributed by atoms with Crippen LogP contribution in [0.25, 0.3) is 0 Å². The van der Waals surface area contributed by atoms with Gasteiger partial charge in [0.2, 0.25) is 10.0 Å². The minimum atomic E-state index is -3.30. The van der Waals surface area contributed by atoms with Crippen molar-refractivity contribution >= 4 is 10.0 Å². The molecule has 4 nitrogen and oxygen atoms in total. The highest BCUT2D eigenvalue weighted by Crippen LogP contribution is 2.30. The molecule has 1 aromatic rings. The summed E-state index contributed by atoms with van der Waals surface area (Å²) < 4.78 is 26.2. The van der Waals surface area contributed by atoms with Crippen LogP contribution in [0.15, 0.2) is 29.2 Å². The fourth-order valence-corrected chi connectivity index (χ4v) is 3.64. The average molecular weight is 296 g/mol. The van der Waals surface area contributed by atoms with Crippen molar-refractivity contribution in [3.63, 3.8) is 0 Å². The van der Waals surface area contributed by atoms with E-state index < -0.39 is 10.0 Å². The van der Waals surface area contributed by atoms with E-state index in [4.69, 9.17) is 0 Å². The molecule has 0 unspecified atom stereocenters. The van der Waals surface area contributed by atoms with Gasteiger partial charge in [-0.2, -0.15) is 4.31 Å². The standard InChI is InChI=1S/C15H24N2O2S/c1-3-16-12-4-5-13-6-10-15(11-7-13)20(18,19)17(2)14-8-9-14/h6-7,10-11,14,16H,3-5,8-9,12H2,1-2H3. The maximum Gasteiger partial charge on any atom is 0.243 e. The van der Waals surface area contributed by atoms with Gasteiger partial charge in [0.1, 0.15) is 0 Å². The third kappa shape index (κ3) is 3.81. The number of nitrogens with zero attached hydrogens (tertiary/aromatic N) is 1. The Labute approximate surface area is 122 Å². The monoisotopic (exact) mass is 296 g/mol. The molecule has 1 N–H and O–H groups in total. The molecule has 0 atom stereocenters. The number of hydrogen-bond donors (Lipinski definition) is 1. The summed E-state index contributed by atoms with van der Waals surface area (Å²) in [6.07, 6.45) is 4.02. The minimum absolute atomic E-state index is 0.208. The summed E-state index contributed by atoms with van der Waals surface area (Å²) in [6.45, 7) is 4.08. The number of benzene rings is 1. The van der Waals surface area contributed by atoms with Gasteiger partial charge in [-0.1, -0.05) is 19.1 Å². The van der Waals surface area contributed by atoms with Gasteiger partial charge >= 0.3 is 0 Å². The maximum atomic E-state index is 12.3. The number of aryl methyl sites for hydroxylation is 1.